The monoisotopic (exact) mass is 481 g/mol. The van der Waals surface area contributed by atoms with Gasteiger partial charge in [-0.3, -0.25) is 29.4 Å². The minimum atomic E-state index is -1.48. The summed E-state index contributed by atoms with van der Waals surface area (Å²) in [5.74, 6) is -4.06. The lowest BCUT2D eigenvalue weighted by atomic mass is 9.76. The van der Waals surface area contributed by atoms with Crippen LogP contribution in [0.25, 0.3) is 0 Å². The number of carboxylic acid groups (broad SMARTS) is 1. The molecule has 8 nitrogen and oxygen atoms in total. The Morgan fingerprint density at radius 3 is 2.59 bits per heavy atom. The second-order valence-corrected chi connectivity index (χ2v) is 9.59. The van der Waals surface area contributed by atoms with Crippen LogP contribution in [0.4, 0.5) is 5.69 Å². The molecule has 1 spiro atoms. The number of halogens is 1. The predicted octanol–water partition coefficient (Wildman–Crippen LogP) is 2.48. The van der Waals surface area contributed by atoms with Crippen molar-refractivity contribution in [3.05, 3.63) is 64.2 Å². The van der Waals surface area contributed by atoms with E-state index in [1.165, 1.54) is 4.90 Å². The van der Waals surface area contributed by atoms with Crippen LogP contribution >= 0.6 is 11.6 Å². The van der Waals surface area contributed by atoms with Gasteiger partial charge >= 0.3 is 5.97 Å². The van der Waals surface area contributed by atoms with Gasteiger partial charge in [0.2, 0.25) is 17.7 Å². The molecule has 3 N–H and O–H groups in total. The molecular formula is C25H24ClN3O5. The maximum atomic E-state index is 13.7. The second-order valence-electron chi connectivity index (χ2n) is 9.18. The number of fused-ring (bicyclic) bond motifs is 4. The van der Waals surface area contributed by atoms with Crippen LogP contribution in [-0.4, -0.2) is 46.3 Å². The van der Waals surface area contributed by atoms with Crippen molar-refractivity contribution in [2.45, 2.75) is 37.8 Å². The van der Waals surface area contributed by atoms with Crippen molar-refractivity contribution in [3.63, 3.8) is 0 Å². The Hall–Kier alpha value is -3.23. The summed E-state index contributed by atoms with van der Waals surface area (Å²) in [6, 6.07) is 12.4. The number of nitrogens with one attached hydrogen (secondary N) is 2. The van der Waals surface area contributed by atoms with Crippen LogP contribution in [0.2, 0.25) is 5.02 Å². The number of nitrogens with zero attached hydrogens (tertiary/aromatic N) is 1. The van der Waals surface area contributed by atoms with Crippen molar-refractivity contribution in [3.8, 4) is 0 Å². The third-order valence-corrected chi connectivity index (χ3v) is 7.45. The minimum absolute atomic E-state index is 0.117. The molecule has 0 saturated carbocycles. The molecule has 0 unspecified atom stereocenters. The lowest BCUT2D eigenvalue weighted by molar-refractivity contribution is -0.143. The number of carbonyl (C=O) groups is 4. The van der Waals surface area contributed by atoms with Crippen molar-refractivity contribution in [2.75, 3.05) is 11.9 Å². The molecule has 0 bridgehead atoms. The zero-order chi connectivity index (χ0) is 24.2. The van der Waals surface area contributed by atoms with E-state index < -0.39 is 41.2 Å². The van der Waals surface area contributed by atoms with E-state index in [4.69, 9.17) is 11.6 Å². The van der Waals surface area contributed by atoms with Crippen LogP contribution in [-0.2, 0) is 31.1 Å². The highest BCUT2D eigenvalue weighted by Crippen LogP contribution is 2.54. The molecule has 2 saturated heterocycles. The van der Waals surface area contributed by atoms with Crippen molar-refractivity contribution in [2.24, 2.45) is 11.8 Å². The standard InChI is InChI=1S/C25H24ClN3O5/c1-13-11-15-21(16(26)12-13)27-24(34)25(15)20-19(17(28-25)7-8-18(30)31)22(32)29(23(20)33)10-9-14-5-3-2-4-6-14/h2-6,11-12,17,19-20,28H,7-10H2,1H3,(H,27,34)(H,30,31)/t17-,19-,20-,25-/m1/s1. The van der Waals surface area contributed by atoms with Crippen molar-refractivity contribution >= 4 is 41.0 Å². The molecule has 0 aromatic heterocycles. The number of carbonyl (C=O) groups excluding carboxylic acids is 3. The summed E-state index contributed by atoms with van der Waals surface area (Å²) in [4.78, 5) is 53.2. The van der Waals surface area contributed by atoms with Gasteiger partial charge in [-0.1, -0.05) is 48.0 Å². The third-order valence-electron chi connectivity index (χ3n) is 7.15. The Balaban J connectivity index is 1.55. The van der Waals surface area contributed by atoms with E-state index >= 15 is 0 Å². The van der Waals surface area contributed by atoms with Crippen molar-refractivity contribution in [1.82, 2.24) is 10.2 Å². The number of benzene rings is 2. The summed E-state index contributed by atoms with van der Waals surface area (Å²) in [5.41, 5.74) is 1.27. The Kier molecular flexibility index (Phi) is 5.45. The zero-order valence-electron chi connectivity index (χ0n) is 18.5. The molecule has 3 aliphatic heterocycles. The van der Waals surface area contributed by atoms with E-state index in [2.05, 4.69) is 10.6 Å². The topological polar surface area (TPSA) is 116 Å². The predicted molar refractivity (Wildman–Crippen MR) is 124 cm³/mol. The van der Waals surface area contributed by atoms with E-state index in [0.717, 1.165) is 11.1 Å². The lowest BCUT2D eigenvalue weighted by Gasteiger charge is -2.29. The molecular weight excluding hydrogens is 458 g/mol. The first-order valence-corrected chi connectivity index (χ1v) is 11.6. The number of hydrogen-bond donors (Lipinski definition) is 3. The minimum Gasteiger partial charge on any atom is -0.481 e. The quantitative estimate of drug-likeness (QED) is 0.546. The van der Waals surface area contributed by atoms with E-state index in [1.807, 2.05) is 37.3 Å². The van der Waals surface area contributed by atoms with Gasteiger partial charge in [-0.05, 0) is 37.0 Å². The Bertz CT molecular complexity index is 1220. The number of amides is 3. The molecule has 176 valence electrons. The number of rotatable bonds is 6. The number of imide groups is 1. The first-order chi connectivity index (χ1) is 16.2. The SMILES string of the molecule is Cc1cc(Cl)c2c(c1)[C@]1(N[C@H](CCC(=O)O)[C@H]3C(=O)N(CCc4ccccc4)C(=O)[C@@H]31)C(=O)N2. The zero-order valence-corrected chi connectivity index (χ0v) is 19.3. The van der Waals surface area contributed by atoms with Crippen molar-refractivity contribution in [1.29, 1.82) is 0 Å². The largest absolute Gasteiger partial charge is 0.481 e. The number of anilines is 1. The van der Waals surface area contributed by atoms with E-state index in [0.29, 0.717) is 22.7 Å². The average Bonchev–Trinajstić information content (AvgIpc) is 3.37. The summed E-state index contributed by atoms with van der Waals surface area (Å²) in [7, 11) is 0. The fraction of sp³-hybridized carbons (Fsp3) is 0.360. The molecule has 34 heavy (non-hydrogen) atoms. The summed E-state index contributed by atoms with van der Waals surface area (Å²) in [5, 5.41) is 15.6. The first-order valence-electron chi connectivity index (χ1n) is 11.2. The summed E-state index contributed by atoms with van der Waals surface area (Å²) in [6.45, 7) is 2.03. The molecule has 9 heteroatoms. The first kappa shape index (κ1) is 22.6. The highest BCUT2D eigenvalue weighted by Gasteiger charge is 2.70. The van der Waals surface area contributed by atoms with Crippen LogP contribution < -0.4 is 10.6 Å². The molecule has 0 radical (unpaired) electrons. The lowest BCUT2D eigenvalue weighted by Crippen LogP contribution is -2.53. The maximum Gasteiger partial charge on any atom is 0.303 e. The van der Waals surface area contributed by atoms with Gasteiger partial charge in [-0.2, -0.15) is 0 Å². The number of carboxylic acids is 1. The summed E-state index contributed by atoms with van der Waals surface area (Å²) < 4.78 is 0. The normalized spacial score (nSPS) is 27.3. The molecule has 3 heterocycles. The molecule has 5 rings (SSSR count). The molecule has 4 atom stereocenters. The number of aryl methyl sites for hydroxylation is 1. The third kappa shape index (κ3) is 3.32. The van der Waals surface area contributed by atoms with Crippen LogP contribution in [0.15, 0.2) is 42.5 Å². The van der Waals surface area contributed by atoms with Gasteiger partial charge in [0, 0.05) is 24.6 Å². The van der Waals surface area contributed by atoms with Crippen LogP contribution in [0.1, 0.15) is 29.5 Å². The van der Waals surface area contributed by atoms with E-state index in [9.17, 15) is 24.3 Å². The van der Waals surface area contributed by atoms with Gasteiger partial charge in [0.25, 0.3) is 0 Å². The van der Waals surface area contributed by atoms with Crippen LogP contribution in [0, 0.1) is 18.8 Å². The average molecular weight is 482 g/mol. The van der Waals surface area contributed by atoms with E-state index in [-0.39, 0.29) is 25.3 Å². The molecule has 2 aromatic rings. The highest BCUT2D eigenvalue weighted by atomic mass is 35.5. The number of aliphatic carboxylic acids is 1. The van der Waals surface area contributed by atoms with Gasteiger partial charge in [-0.25, -0.2) is 0 Å². The van der Waals surface area contributed by atoms with Gasteiger partial charge in [0.1, 0.15) is 5.54 Å². The van der Waals surface area contributed by atoms with Gasteiger partial charge in [0.05, 0.1) is 22.5 Å². The maximum absolute atomic E-state index is 13.7. The van der Waals surface area contributed by atoms with Gasteiger partial charge < -0.3 is 10.4 Å². The Labute approximate surface area is 201 Å². The Morgan fingerprint density at radius 1 is 1.15 bits per heavy atom. The molecule has 3 amide bonds. The molecule has 3 aliphatic rings. The highest BCUT2D eigenvalue weighted by molar-refractivity contribution is 6.35. The summed E-state index contributed by atoms with van der Waals surface area (Å²) >= 11 is 6.41. The summed E-state index contributed by atoms with van der Waals surface area (Å²) in [6.07, 6.45) is 0.420. The smallest absolute Gasteiger partial charge is 0.303 e. The van der Waals surface area contributed by atoms with E-state index in [1.54, 1.807) is 12.1 Å². The number of hydrogen-bond acceptors (Lipinski definition) is 5. The van der Waals surface area contributed by atoms with Gasteiger partial charge in [0.15, 0.2) is 0 Å². The second kappa shape index (κ2) is 8.21. The van der Waals surface area contributed by atoms with Crippen LogP contribution in [0.5, 0.6) is 0 Å². The van der Waals surface area contributed by atoms with Gasteiger partial charge in [-0.15, -0.1) is 0 Å². The fourth-order valence-corrected chi connectivity index (χ4v) is 6.01. The molecule has 0 aliphatic carbocycles. The van der Waals surface area contributed by atoms with Crippen molar-refractivity contribution < 1.29 is 24.3 Å². The fourth-order valence-electron chi connectivity index (χ4n) is 5.69. The molecule has 2 fully saturated rings. The van der Waals surface area contributed by atoms with Crippen LogP contribution in [0.3, 0.4) is 0 Å². The molecule has 2 aromatic carbocycles. The Morgan fingerprint density at radius 2 is 1.88 bits per heavy atom. The number of likely N-dealkylation sites (tertiary alicyclic amines) is 1.